The number of sulfonamides is 1. The number of hydrogen-bond donors (Lipinski definition) is 2. The lowest BCUT2D eigenvalue weighted by atomic mass is 10.0. The molecule has 0 atom stereocenters. The highest BCUT2D eigenvalue weighted by Crippen LogP contribution is 2.17. The molecule has 1 aromatic rings. The molecule has 0 unspecified atom stereocenters. The second-order valence-electron chi connectivity index (χ2n) is 4.49. The van der Waals surface area contributed by atoms with Gasteiger partial charge in [-0.3, -0.25) is 0 Å². The van der Waals surface area contributed by atoms with Crippen LogP contribution in [0.4, 0.5) is 0 Å². The monoisotopic (exact) mass is 320 g/mol. The fourth-order valence-corrected chi connectivity index (χ4v) is 3.12. The summed E-state index contributed by atoms with van der Waals surface area (Å²) in [4.78, 5) is 0.367. The number of hydrogen-bond acceptors (Lipinski definition) is 3. The van der Waals surface area contributed by atoms with Gasteiger partial charge in [-0.15, -0.1) is 12.4 Å². The Labute approximate surface area is 128 Å². The number of aryl methyl sites for hydroxylation is 2. The first-order chi connectivity index (χ1) is 9.05. The number of halogens is 1. The van der Waals surface area contributed by atoms with Crippen LogP contribution >= 0.6 is 12.4 Å². The van der Waals surface area contributed by atoms with Gasteiger partial charge in [-0.05, 0) is 56.1 Å². The molecule has 0 saturated heterocycles. The zero-order valence-corrected chi connectivity index (χ0v) is 14.0. The van der Waals surface area contributed by atoms with Crippen LogP contribution in [0.3, 0.4) is 0 Å². The van der Waals surface area contributed by atoms with E-state index < -0.39 is 10.0 Å². The molecule has 0 fully saturated rings. The van der Waals surface area contributed by atoms with Crippen molar-refractivity contribution in [3.8, 4) is 0 Å². The largest absolute Gasteiger partial charge is 0.320 e. The van der Waals surface area contributed by atoms with Crippen LogP contribution in [-0.4, -0.2) is 28.6 Å². The highest BCUT2D eigenvalue weighted by molar-refractivity contribution is 7.89. The summed E-state index contributed by atoms with van der Waals surface area (Å²) >= 11 is 0. The summed E-state index contributed by atoms with van der Waals surface area (Å²) in [6, 6.07) is 5.40. The lowest BCUT2D eigenvalue weighted by molar-refractivity contribution is 0.577. The van der Waals surface area contributed by atoms with Crippen LogP contribution in [0, 0.1) is 0 Å². The summed E-state index contributed by atoms with van der Waals surface area (Å²) in [7, 11) is -1.52. The smallest absolute Gasteiger partial charge is 0.240 e. The second kappa shape index (κ2) is 9.34. The van der Waals surface area contributed by atoms with E-state index in [9.17, 15) is 8.42 Å². The Kier molecular flexibility index (Phi) is 9.05. The minimum absolute atomic E-state index is 0. The predicted octanol–water partition coefficient (Wildman–Crippen LogP) is 2.12. The SMILES string of the molecule is CCc1ccc(S(=O)(=O)NCCCNC)cc1CC.Cl. The molecule has 0 aliphatic rings. The van der Waals surface area contributed by atoms with Gasteiger partial charge in [0, 0.05) is 6.54 Å². The Morgan fingerprint density at radius 2 is 1.70 bits per heavy atom. The molecule has 2 N–H and O–H groups in total. The molecule has 0 aliphatic carbocycles. The molecule has 0 amide bonds. The standard InChI is InChI=1S/C14H24N2O2S.ClH/c1-4-12-7-8-14(11-13(12)5-2)19(17,18)16-10-6-9-15-3;/h7-8,11,15-16H,4-6,9-10H2,1-3H3;1H. The molecule has 6 heteroatoms. The van der Waals surface area contributed by atoms with Crippen LogP contribution in [0.5, 0.6) is 0 Å². The topological polar surface area (TPSA) is 58.2 Å². The molecule has 0 aromatic heterocycles. The van der Waals surface area contributed by atoms with Gasteiger partial charge >= 0.3 is 0 Å². The van der Waals surface area contributed by atoms with E-state index in [-0.39, 0.29) is 12.4 Å². The molecular weight excluding hydrogens is 296 g/mol. The second-order valence-corrected chi connectivity index (χ2v) is 6.26. The molecule has 4 nitrogen and oxygen atoms in total. The highest BCUT2D eigenvalue weighted by atomic mass is 35.5. The summed E-state index contributed by atoms with van der Waals surface area (Å²) in [5.41, 5.74) is 2.33. The van der Waals surface area contributed by atoms with E-state index in [1.54, 1.807) is 12.1 Å². The van der Waals surface area contributed by atoms with Gasteiger partial charge in [0.15, 0.2) is 0 Å². The zero-order chi connectivity index (χ0) is 14.3. The van der Waals surface area contributed by atoms with Gasteiger partial charge in [-0.2, -0.15) is 0 Å². The number of rotatable bonds is 8. The van der Waals surface area contributed by atoms with Gasteiger partial charge in [-0.1, -0.05) is 19.9 Å². The summed E-state index contributed by atoms with van der Waals surface area (Å²) in [5, 5.41) is 2.99. The molecular formula is C14H25ClN2O2S. The number of nitrogens with one attached hydrogen (secondary N) is 2. The van der Waals surface area contributed by atoms with Gasteiger partial charge in [-0.25, -0.2) is 13.1 Å². The van der Waals surface area contributed by atoms with Gasteiger partial charge in [0.1, 0.15) is 0 Å². The average Bonchev–Trinajstić information content (AvgIpc) is 2.42. The van der Waals surface area contributed by atoms with E-state index >= 15 is 0 Å². The normalized spacial score (nSPS) is 11.2. The van der Waals surface area contributed by atoms with E-state index in [2.05, 4.69) is 17.0 Å². The molecule has 20 heavy (non-hydrogen) atoms. The van der Waals surface area contributed by atoms with E-state index in [1.807, 2.05) is 20.0 Å². The predicted molar refractivity (Wildman–Crippen MR) is 86.2 cm³/mol. The van der Waals surface area contributed by atoms with Gasteiger partial charge in [0.25, 0.3) is 0 Å². The molecule has 116 valence electrons. The molecule has 0 radical (unpaired) electrons. The minimum Gasteiger partial charge on any atom is -0.320 e. The Balaban J connectivity index is 0.00000361. The Morgan fingerprint density at radius 1 is 1.05 bits per heavy atom. The van der Waals surface area contributed by atoms with Crippen molar-refractivity contribution in [1.82, 2.24) is 10.0 Å². The third-order valence-electron chi connectivity index (χ3n) is 3.15. The first kappa shape index (κ1) is 19.4. The molecule has 1 rings (SSSR count). The molecule has 0 spiro atoms. The zero-order valence-electron chi connectivity index (χ0n) is 12.4. The van der Waals surface area contributed by atoms with Crippen LogP contribution in [-0.2, 0) is 22.9 Å². The van der Waals surface area contributed by atoms with Crippen molar-refractivity contribution < 1.29 is 8.42 Å². The van der Waals surface area contributed by atoms with Crippen molar-refractivity contribution in [1.29, 1.82) is 0 Å². The van der Waals surface area contributed by atoms with Gasteiger partial charge in [0.2, 0.25) is 10.0 Å². The maximum Gasteiger partial charge on any atom is 0.240 e. The van der Waals surface area contributed by atoms with Crippen LogP contribution in [0.2, 0.25) is 0 Å². The van der Waals surface area contributed by atoms with Gasteiger partial charge < -0.3 is 5.32 Å². The molecule has 1 aromatic carbocycles. The first-order valence-corrected chi connectivity index (χ1v) is 8.29. The van der Waals surface area contributed by atoms with Crippen molar-refractivity contribution in [3.05, 3.63) is 29.3 Å². The van der Waals surface area contributed by atoms with Crippen molar-refractivity contribution in [2.45, 2.75) is 38.0 Å². The Morgan fingerprint density at radius 3 is 2.25 bits per heavy atom. The fraction of sp³-hybridized carbons (Fsp3) is 0.571. The highest BCUT2D eigenvalue weighted by Gasteiger charge is 2.14. The van der Waals surface area contributed by atoms with Crippen LogP contribution in [0.15, 0.2) is 23.1 Å². The van der Waals surface area contributed by atoms with E-state index in [0.717, 1.165) is 31.4 Å². The van der Waals surface area contributed by atoms with E-state index in [1.165, 1.54) is 5.56 Å². The van der Waals surface area contributed by atoms with Crippen LogP contribution < -0.4 is 10.0 Å². The maximum atomic E-state index is 12.1. The Hall–Kier alpha value is -0.620. The Bertz CT molecular complexity index is 504. The van der Waals surface area contributed by atoms with Crippen molar-refractivity contribution in [2.24, 2.45) is 0 Å². The minimum atomic E-state index is -3.38. The van der Waals surface area contributed by atoms with Crippen molar-refractivity contribution in [3.63, 3.8) is 0 Å². The molecule has 0 heterocycles. The summed E-state index contributed by atoms with van der Waals surface area (Å²) in [6.07, 6.45) is 2.56. The fourth-order valence-electron chi connectivity index (χ4n) is 2.00. The molecule has 0 aliphatic heterocycles. The van der Waals surface area contributed by atoms with Crippen molar-refractivity contribution in [2.75, 3.05) is 20.1 Å². The van der Waals surface area contributed by atoms with E-state index in [4.69, 9.17) is 0 Å². The maximum absolute atomic E-state index is 12.1. The lowest BCUT2D eigenvalue weighted by Gasteiger charge is -2.10. The van der Waals surface area contributed by atoms with E-state index in [0.29, 0.717) is 11.4 Å². The molecule has 0 bridgehead atoms. The summed E-state index contributed by atoms with van der Waals surface area (Å²) in [6.45, 7) is 5.39. The lowest BCUT2D eigenvalue weighted by Crippen LogP contribution is -2.27. The average molecular weight is 321 g/mol. The third kappa shape index (κ3) is 5.40. The van der Waals surface area contributed by atoms with Crippen LogP contribution in [0.1, 0.15) is 31.4 Å². The molecule has 0 saturated carbocycles. The third-order valence-corrected chi connectivity index (χ3v) is 4.60. The first-order valence-electron chi connectivity index (χ1n) is 6.81. The van der Waals surface area contributed by atoms with Crippen molar-refractivity contribution >= 4 is 22.4 Å². The van der Waals surface area contributed by atoms with Crippen LogP contribution in [0.25, 0.3) is 0 Å². The summed E-state index contributed by atoms with van der Waals surface area (Å²) < 4.78 is 26.9. The summed E-state index contributed by atoms with van der Waals surface area (Å²) in [5.74, 6) is 0. The van der Waals surface area contributed by atoms with Gasteiger partial charge in [0.05, 0.1) is 4.90 Å². The number of benzene rings is 1. The quantitative estimate of drug-likeness (QED) is 0.721.